The number of rotatable bonds is 3. The van der Waals surface area contributed by atoms with Crippen LogP contribution in [-0.4, -0.2) is 33.6 Å². The lowest BCUT2D eigenvalue weighted by atomic mass is 10.2. The molecule has 0 spiro atoms. The van der Waals surface area contributed by atoms with Gasteiger partial charge in [-0.05, 0) is 12.8 Å². The average molecular weight is 269 g/mol. The van der Waals surface area contributed by atoms with E-state index in [1.807, 2.05) is 35.2 Å². The average Bonchev–Trinajstić information content (AvgIpc) is 2.98. The summed E-state index contributed by atoms with van der Waals surface area (Å²) in [6.45, 7) is 0.712. The van der Waals surface area contributed by atoms with Crippen LogP contribution in [0, 0.1) is 0 Å². The summed E-state index contributed by atoms with van der Waals surface area (Å²) in [5, 5.41) is 9.24. The molecular weight excluding hydrogens is 254 g/mol. The van der Waals surface area contributed by atoms with Crippen molar-refractivity contribution in [1.82, 2.24) is 9.97 Å². The molecule has 1 aromatic heterocycles. The molecule has 0 radical (unpaired) electrons. The molecule has 1 fully saturated rings. The van der Waals surface area contributed by atoms with Gasteiger partial charge in [0.1, 0.15) is 11.9 Å². The molecule has 1 aliphatic rings. The minimum Gasteiger partial charge on any atom is -0.480 e. The van der Waals surface area contributed by atoms with Crippen LogP contribution in [0.4, 0.5) is 5.82 Å². The Balaban J connectivity index is 1.94. The maximum absolute atomic E-state index is 11.3. The first kappa shape index (κ1) is 12.6. The van der Waals surface area contributed by atoms with Gasteiger partial charge in [0.15, 0.2) is 0 Å². The molecule has 2 aromatic rings. The van der Waals surface area contributed by atoms with E-state index in [0.29, 0.717) is 18.8 Å². The minimum absolute atomic E-state index is 0.490. The second kappa shape index (κ2) is 5.28. The quantitative estimate of drug-likeness (QED) is 0.925. The summed E-state index contributed by atoms with van der Waals surface area (Å²) in [4.78, 5) is 21.8. The van der Waals surface area contributed by atoms with Crippen LogP contribution in [0.2, 0.25) is 0 Å². The largest absolute Gasteiger partial charge is 0.480 e. The van der Waals surface area contributed by atoms with Crippen LogP contribution in [0.5, 0.6) is 0 Å². The Bertz CT molecular complexity index is 616. The molecule has 1 atom stereocenters. The Morgan fingerprint density at radius 2 is 2.05 bits per heavy atom. The van der Waals surface area contributed by atoms with Gasteiger partial charge in [-0.2, -0.15) is 0 Å². The van der Waals surface area contributed by atoms with E-state index in [4.69, 9.17) is 0 Å². The first-order valence-electron chi connectivity index (χ1n) is 6.62. The number of aromatic nitrogens is 2. The standard InChI is InChI=1S/C15H15N3O2/c19-15(20)13-7-4-8-18(13)14-10-16-9-12(17-14)11-5-2-1-3-6-11/h1-3,5-6,9-10,13H,4,7-8H2,(H,19,20)/t13-/m1/s1. The lowest BCUT2D eigenvalue weighted by Crippen LogP contribution is -2.36. The highest BCUT2D eigenvalue weighted by Gasteiger charge is 2.31. The van der Waals surface area contributed by atoms with E-state index in [9.17, 15) is 9.90 Å². The van der Waals surface area contributed by atoms with E-state index < -0.39 is 12.0 Å². The van der Waals surface area contributed by atoms with Crippen molar-refractivity contribution in [3.63, 3.8) is 0 Å². The van der Waals surface area contributed by atoms with E-state index in [2.05, 4.69) is 9.97 Å². The summed E-state index contributed by atoms with van der Waals surface area (Å²) in [6, 6.07) is 9.27. The Morgan fingerprint density at radius 1 is 1.25 bits per heavy atom. The minimum atomic E-state index is -0.797. The van der Waals surface area contributed by atoms with Crippen LogP contribution >= 0.6 is 0 Å². The summed E-state index contributed by atoms with van der Waals surface area (Å²) in [5.74, 6) is -0.161. The smallest absolute Gasteiger partial charge is 0.326 e. The summed E-state index contributed by atoms with van der Waals surface area (Å²) < 4.78 is 0. The summed E-state index contributed by atoms with van der Waals surface area (Å²) >= 11 is 0. The summed E-state index contributed by atoms with van der Waals surface area (Å²) in [7, 11) is 0. The summed E-state index contributed by atoms with van der Waals surface area (Å²) in [6.07, 6.45) is 4.86. The molecule has 2 heterocycles. The molecule has 0 amide bonds. The number of aliphatic carboxylic acids is 1. The molecule has 1 N–H and O–H groups in total. The Labute approximate surface area is 116 Å². The van der Waals surface area contributed by atoms with Gasteiger partial charge in [0.25, 0.3) is 0 Å². The van der Waals surface area contributed by atoms with Gasteiger partial charge in [-0.15, -0.1) is 0 Å². The van der Waals surface area contributed by atoms with E-state index in [0.717, 1.165) is 17.7 Å². The van der Waals surface area contributed by atoms with Gasteiger partial charge in [0, 0.05) is 12.1 Å². The van der Waals surface area contributed by atoms with Crippen molar-refractivity contribution in [2.45, 2.75) is 18.9 Å². The van der Waals surface area contributed by atoms with Crippen LogP contribution in [0.3, 0.4) is 0 Å². The van der Waals surface area contributed by atoms with Gasteiger partial charge in [0.05, 0.1) is 18.1 Å². The highest BCUT2D eigenvalue weighted by atomic mass is 16.4. The second-order valence-electron chi connectivity index (χ2n) is 4.82. The molecule has 1 saturated heterocycles. The molecule has 0 unspecified atom stereocenters. The highest BCUT2D eigenvalue weighted by Crippen LogP contribution is 2.25. The van der Waals surface area contributed by atoms with Crippen LogP contribution in [-0.2, 0) is 4.79 Å². The fraction of sp³-hybridized carbons (Fsp3) is 0.267. The number of carbonyl (C=O) groups is 1. The molecule has 5 heteroatoms. The third kappa shape index (κ3) is 2.34. The molecule has 3 rings (SSSR count). The normalized spacial score (nSPS) is 18.2. The van der Waals surface area contributed by atoms with Crippen LogP contribution in [0.15, 0.2) is 42.7 Å². The Morgan fingerprint density at radius 3 is 2.80 bits per heavy atom. The molecule has 20 heavy (non-hydrogen) atoms. The van der Waals surface area contributed by atoms with Crippen molar-refractivity contribution < 1.29 is 9.90 Å². The van der Waals surface area contributed by atoms with Gasteiger partial charge in [-0.3, -0.25) is 4.98 Å². The molecule has 102 valence electrons. The van der Waals surface area contributed by atoms with Gasteiger partial charge in [-0.1, -0.05) is 30.3 Å². The molecule has 5 nitrogen and oxygen atoms in total. The monoisotopic (exact) mass is 269 g/mol. The van der Waals surface area contributed by atoms with Crippen molar-refractivity contribution >= 4 is 11.8 Å². The number of carboxylic acids is 1. The predicted molar refractivity (Wildman–Crippen MR) is 75.5 cm³/mol. The van der Waals surface area contributed by atoms with Gasteiger partial charge in [-0.25, -0.2) is 9.78 Å². The molecule has 1 aliphatic heterocycles. The van der Waals surface area contributed by atoms with Gasteiger partial charge >= 0.3 is 5.97 Å². The van der Waals surface area contributed by atoms with E-state index >= 15 is 0 Å². The molecule has 0 bridgehead atoms. The number of nitrogens with zero attached hydrogens (tertiary/aromatic N) is 3. The lowest BCUT2D eigenvalue weighted by Gasteiger charge is -2.22. The molecule has 0 saturated carbocycles. The molecular formula is C15H15N3O2. The zero-order valence-electron chi connectivity index (χ0n) is 10.9. The van der Waals surface area contributed by atoms with Crippen molar-refractivity contribution in [3.05, 3.63) is 42.7 Å². The highest BCUT2D eigenvalue weighted by molar-refractivity contribution is 5.78. The molecule has 0 aliphatic carbocycles. The predicted octanol–water partition coefficient (Wildman–Crippen LogP) is 2.20. The van der Waals surface area contributed by atoms with Crippen molar-refractivity contribution in [2.75, 3.05) is 11.4 Å². The van der Waals surface area contributed by atoms with Crippen LogP contribution < -0.4 is 4.90 Å². The van der Waals surface area contributed by atoms with E-state index in [-0.39, 0.29) is 0 Å². The first-order valence-corrected chi connectivity index (χ1v) is 6.62. The van der Waals surface area contributed by atoms with Crippen LogP contribution in [0.1, 0.15) is 12.8 Å². The van der Waals surface area contributed by atoms with Crippen molar-refractivity contribution in [3.8, 4) is 11.3 Å². The summed E-state index contributed by atoms with van der Waals surface area (Å²) in [5.41, 5.74) is 1.74. The number of carboxylic acid groups (broad SMARTS) is 1. The Hall–Kier alpha value is -2.43. The maximum atomic E-state index is 11.3. The maximum Gasteiger partial charge on any atom is 0.326 e. The zero-order valence-corrected chi connectivity index (χ0v) is 10.9. The number of anilines is 1. The fourth-order valence-corrected chi connectivity index (χ4v) is 2.54. The zero-order chi connectivity index (χ0) is 13.9. The van der Waals surface area contributed by atoms with Crippen LogP contribution in [0.25, 0.3) is 11.3 Å². The SMILES string of the molecule is O=C(O)[C@H]1CCCN1c1cncc(-c2ccccc2)n1. The number of hydrogen-bond donors (Lipinski definition) is 1. The first-order chi connectivity index (χ1) is 9.75. The fourth-order valence-electron chi connectivity index (χ4n) is 2.54. The Kier molecular flexibility index (Phi) is 3.33. The number of benzene rings is 1. The van der Waals surface area contributed by atoms with Gasteiger partial charge in [0.2, 0.25) is 0 Å². The van der Waals surface area contributed by atoms with Gasteiger partial charge < -0.3 is 10.0 Å². The van der Waals surface area contributed by atoms with E-state index in [1.165, 1.54) is 0 Å². The molecule has 1 aromatic carbocycles. The topological polar surface area (TPSA) is 66.3 Å². The van der Waals surface area contributed by atoms with Crippen molar-refractivity contribution in [2.24, 2.45) is 0 Å². The number of hydrogen-bond acceptors (Lipinski definition) is 4. The third-order valence-corrected chi connectivity index (χ3v) is 3.52. The van der Waals surface area contributed by atoms with Crippen molar-refractivity contribution in [1.29, 1.82) is 0 Å². The lowest BCUT2D eigenvalue weighted by molar-refractivity contribution is -0.138. The second-order valence-corrected chi connectivity index (χ2v) is 4.82. The van der Waals surface area contributed by atoms with E-state index in [1.54, 1.807) is 12.4 Å². The third-order valence-electron chi connectivity index (χ3n) is 3.52.